The van der Waals surface area contributed by atoms with Crippen molar-refractivity contribution in [1.82, 2.24) is 0 Å². The highest BCUT2D eigenvalue weighted by atomic mass is 32.1. The van der Waals surface area contributed by atoms with E-state index in [1.54, 1.807) is 24.3 Å². The third-order valence-corrected chi connectivity index (χ3v) is 3.93. The predicted molar refractivity (Wildman–Crippen MR) is 86.5 cm³/mol. The SMILES string of the molecule is C=C(C)c1ccc(C(=O)Oc2ccc3sc(=O)oc3c2)cc1. The van der Waals surface area contributed by atoms with Crippen LogP contribution in [0.1, 0.15) is 22.8 Å². The third-order valence-electron chi connectivity index (χ3n) is 3.13. The molecule has 0 amide bonds. The Bertz CT molecular complexity index is 916. The minimum atomic E-state index is -0.467. The molecule has 1 aromatic heterocycles. The first-order valence-electron chi connectivity index (χ1n) is 6.55. The second-order valence-electron chi connectivity index (χ2n) is 4.81. The van der Waals surface area contributed by atoms with Gasteiger partial charge in [-0.15, -0.1) is 0 Å². The van der Waals surface area contributed by atoms with Crippen LogP contribution in [0, 0.1) is 0 Å². The van der Waals surface area contributed by atoms with Crippen LogP contribution in [0.4, 0.5) is 0 Å². The van der Waals surface area contributed by atoms with Crippen molar-refractivity contribution < 1.29 is 13.9 Å². The number of fused-ring (bicyclic) bond motifs is 1. The Morgan fingerprint density at radius 2 is 1.82 bits per heavy atom. The van der Waals surface area contributed by atoms with Crippen LogP contribution >= 0.6 is 11.3 Å². The van der Waals surface area contributed by atoms with Gasteiger partial charge in [0.1, 0.15) is 5.75 Å². The minimum Gasteiger partial charge on any atom is -0.423 e. The summed E-state index contributed by atoms with van der Waals surface area (Å²) < 4.78 is 11.0. The molecule has 0 saturated carbocycles. The summed E-state index contributed by atoms with van der Waals surface area (Å²) >= 11 is 1.01. The molecule has 5 heteroatoms. The summed E-state index contributed by atoms with van der Waals surface area (Å²) in [5, 5.41) is 0. The van der Waals surface area contributed by atoms with Crippen LogP contribution < -0.4 is 9.68 Å². The number of rotatable bonds is 3. The van der Waals surface area contributed by atoms with Crippen LogP contribution in [-0.4, -0.2) is 5.97 Å². The van der Waals surface area contributed by atoms with E-state index < -0.39 is 5.97 Å². The van der Waals surface area contributed by atoms with Crippen LogP contribution in [0.5, 0.6) is 5.75 Å². The van der Waals surface area contributed by atoms with Gasteiger partial charge in [0.2, 0.25) is 0 Å². The van der Waals surface area contributed by atoms with Gasteiger partial charge in [-0.1, -0.05) is 35.6 Å². The molecule has 3 rings (SSSR count). The molecule has 0 N–H and O–H groups in total. The van der Waals surface area contributed by atoms with E-state index in [1.165, 1.54) is 6.07 Å². The largest absolute Gasteiger partial charge is 0.423 e. The Morgan fingerprint density at radius 1 is 1.14 bits per heavy atom. The van der Waals surface area contributed by atoms with Gasteiger partial charge < -0.3 is 9.15 Å². The maximum absolute atomic E-state index is 12.1. The van der Waals surface area contributed by atoms with E-state index in [-0.39, 0.29) is 4.94 Å². The molecule has 0 unspecified atom stereocenters. The summed E-state index contributed by atoms with van der Waals surface area (Å²) in [5.41, 5.74) is 2.76. The number of hydrogen-bond acceptors (Lipinski definition) is 5. The molecule has 110 valence electrons. The quantitative estimate of drug-likeness (QED) is 0.539. The molecule has 0 aliphatic heterocycles. The number of esters is 1. The predicted octanol–water partition coefficient (Wildman–Crippen LogP) is 4.11. The van der Waals surface area contributed by atoms with Crippen molar-refractivity contribution in [2.24, 2.45) is 0 Å². The van der Waals surface area contributed by atoms with Gasteiger partial charge in [-0.05, 0) is 36.8 Å². The van der Waals surface area contributed by atoms with Crippen LogP contribution in [-0.2, 0) is 0 Å². The molecule has 0 atom stereocenters. The van der Waals surface area contributed by atoms with Crippen LogP contribution in [0.25, 0.3) is 15.9 Å². The summed E-state index contributed by atoms with van der Waals surface area (Å²) in [5.74, 6) is -0.131. The smallest absolute Gasteiger partial charge is 0.396 e. The molecule has 0 fully saturated rings. The van der Waals surface area contributed by atoms with Gasteiger partial charge in [-0.25, -0.2) is 9.59 Å². The molecule has 0 spiro atoms. The van der Waals surface area contributed by atoms with Crippen molar-refractivity contribution in [1.29, 1.82) is 0 Å². The highest BCUT2D eigenvalue weighted by molar-refractivity contribution is 7.16. The summed E-state index contributed by atoms with van der Waals surface area (Å²) in [6.45, 7) is 5.75. The van der Waals surface area contributed by atoms with E-state index >= 15 is 0 Å². The number of ether oxygens (including phenoxy) is 1. The molecule has 4 nitrogen and oxygen atoms in total. The first-order valence-corrected chi connectivity index (χ1v) is 7.36. The lowest BCUT2D eigenvalue weighted by atomic mass is 10.1. The Morgan fingerprint density at radius 3 is 2.50 bits per heavy atom. The topological polar surface area (TPSA) is 56.5 Å². The summed E-state index contributed by atoms with van der Waals surface area (Å²) in [6.07, 6.45) is 0. The van der Waals surface area contributed by atoms with Crippen molar-refractivity contribution >= 4 is 33.2 Å². The third kappa shape index (κ3) is 2.84. The van der Waals surface area contributed by atoms with Crippen molar-refractivity contribution in [2.45, 2.75) is 6.92 Å². The average Bonchev–Trinajstić information content (AvgIpc) is 2.86. The van der Waals surface area contributed by atoms with Crippen molar-refractivity contribution in [2.75, 3.05) is 0 Å². The Labute approximate surface area is 130 Å². The normalized spacial score (nSPS) is 10.6. The van der Waals surface area contributed by atoms with Gasteiger partial charge in [0.15, 0.2) is 5.58 Å². The van der Waals surface area contributed by atoms with Crippen LogP contribution in [0.2, 0.25) is 0 Å². The van der Waals surface area contributed by atoms with E-state index in [0.29, 0.717) is 16.9 Å². The van der Waals surface area contributed by atoms with Gasteiger partial charge in [0.05, 0.1) is 10.3 Å². The lowest BCUT2D eigenvalue weighted by Gasteiger charge is -2.05. The maximum Gasteiger partial charge on any atom is 0.396 e. The first-order chi connectivity index (χ1) is 10.5. The molecule has 0 aliphatic rings. The fourth-order valence-corrected chi connectivity index (χ4v) is 2.62. The van der Waals surface area contributed by atoms with Crippen molar-refractivity contribution in [3.63, 3.8) is 0 Å². The van der Waals surface area contributed by atoms with Gasteiger partial charge in [-0.2, -0.15) is 0 Å². The standard InChI is InChI=1S/C17H12O4S/c1-10(2)11-3-5-12(6-4-11)16(18)20-13-7-8-15-14(9-13)21-17(19)22-15/h3-9H,1H2,2H3. The van der Waals surface area contributed by atoms with Crippen molar-refractivity contribution in [3.8, 4) is 5.75 Å². The lowest BCUT2D eigenvalue weighted by molar-refractivity contribution is 0.0735. The average molecular weight is 312 g/mol. The molecule has 0 saturated heterocycles. The fraction of sp³-hybridized carbons (Fsp3) is 0.0588. The summed E-state index contributed by atoms with van der Waals surface area (Å²) in [6, 6.07) is 11.9. The summed E-state index contributed by atoms with van der Waals surface area (Å²) in [7, 11) is 0. The maximum atomic E-state index is 12.1. The van der Waals surface area contributed by atoms with Crippen LogP contribution in [0.3, 0.4) is 0 Å². The minimum absolute atomic E-state index is 0.336. The Kier molecular flexibility index (Phi) is 3.65. The lowest BCUT2D eigenvalue weighted by Crippen LogP contribution is -2.08. The number of carbonyl (C=O) groups excluding carboxylic acids is 1. The molecule has 1 heterocycles. The highest BCUT2D eigenvalue weighted by Gasteiger charge is 2.10. The zero-order valence-electron chi connectivity index (χ0n) is 11.8. The second-order valence-corrected chi connectivity index (χ2v) is 5.79. The molecule has 22 heavy (non-hydrogen) atoms. The molecule has 0 radical (unpaired) electrons. The Hall–Kier alpha value is -2.66. The van der Waals surface area contributed by atoms with Gasteiger partial charge in [0.25, 0.3) is 0 Å². The number of hydrogen-bond donors (Lipinski definition) is 0. The fourth-order valence-electron chi connectivity index (χ4n) is 1.97. The van der Waals surface area contributed by atoms with Gasteiger partial charge >= 0.3 is 10.9 Å². The van der Waals surface area contributed by atoms with E-state index in [9.17, 15) is 9.59 Å². The molecule has 0 bridgehead atoms. The monoisotopic (exact) mass is 312 g/mol. The Balaban J connectivity index is 1.82. The van der Waals surface area contributed by atoms with Gasteiger partial charge in [-0.3, -0.25) is 0 Å². The van der Waals surface area contributed by atoms with E-state index in [0.717, 1.165) is 27.2 Å². The highest BCUT2D eigenvalue weighted by Crippen LogP contribution is 2.23. The van der Waals surface area contributed by atoms with Gasteiger partial charge in [0, 0.05) is 6.07 Å². The van der Waals surface area contributed by atoms with E-state index in [1.807, 2.05) is 19.1 Å². The molecular weight excluding hydrogens is 300 g/mol. The molecule has 3 aromatic rings. The van der Waals surface area contributed by atoms with E-state index in [4.69, 9.17) is 9.15 Å². The zero-order valence-corrected chi connectivity index (χ0v) is 12.6. The van der Waals surface area contributed by atoms with Crippen molar-refractivity contribution in [3.05, 3.63) is 69.9 Å². The van der Waals surface area contributed by atoms with Crippen LogP contribution in [0.15, 0.2) is 58.3 Å². The molecule has 2 aromatic carbocycles. The molecule has 0 aliphatic carbocycles. The number of allylic oxidation sites excluding steroid dienone is 1. The summed E-state index contributed by atoms with van der Waals surface area (Å²) in [4.78, 5) is 22.9. The first kappa shape index (κ1) is 14.3. The number of benzene rings is 2. The van der Waals surface area contributed by atoms with E-state index in [2.05, 4.69) is 6.58 Å². The second kappa shape index (κ2) is 5.61. The zero-order chi connectivity index (χ0) is 15.7. The number of carbonyl (C=O) groups is 1. The molecular formula is C17H12O4S.